The van der Waals surface area contributed by atoms with Crippen molar-refractivity contribution in [3.63, 3.8) is 0 Å². The summed E-state index contributed by atoms with van der Waals surface area (Å²) in [5.74, 6) is 1.33. The zero-order valence-electron chi connectivity index (χ0n) is 8.86. The fourth-order valence-corrected chi connectivity index (χ4v) is 1.90. The average molecular weight is 306 g/mol. The Morgan fingerprint density at radius 1 is 1.38 bits per heavy atom. The van der Waals surface area contributed by atoms with E-state index >= 15 is 0 Å². The van der Waals surface area contributed by atoms with Gasteiger partial charge in [0.1, 0.15) is 12.0 Å². The quantitative estimate of drug-likeness (QED) is 0.438. The molecule has 0 saturated carbocycles. The van der Waals surface area contributed by atoms with Gasteiger partial charge < -0.3 is 9.53 Å². The Morgan fingerprint density at radius 3 is 2.56 bits per heavy atom. The van der Waals surface area contributed by atoms with Crippen molar-refractivity contribution in [1.82, 2.24) is 0 Å². The normalized spacial score (nSPS) is 12.1. The highest BCUT2D eigenvalue weighted by Crippen LogP contribution is 2.19. The van der Waals surface area contributed by atoms with E-state index in [4.69, 9.17) is 16.3 Å². The van der Waals surface area contributed by atoms with Crippen molar-refractivity contribution in [3.05, 3.63) is 29.8 Å². The Morgan fingerprint density at radius 2 is 2.06 bits per heavy atom. The summed E-state index contributed by atoms with van der Waals surface area (Å²) < 4.78 is 5.46. The lowest BCUT2D eigenvalue weighted by molar-refractivity contribution is -0.108. The predicted molar refractivity (Wildman–Crippen MR) is 69.9 cm³/mol. The lowest BCUT2D eigenvalue weighted by atomic mass is 10.0. The molecule has 0 bridgehead atoms. The second-order valence-electron chi connectivity index (χ2n) is 3.36. The molecule has 0 aromatic heterocycles. The molecule has 2 nitrogen and oxygen atoms in total. The van der Waals surface area contributed by atoms with Crippen molar-refractivity contribution in [1.29, 1.82) is 0 Å². The van der Waals surface area contributed by atoms with Crippen LogP contribution in [0.5, 0.6) is 5.75 Å². The number of ether oxygens (including phenoxy) is 1. The molecule has 0 saturated heterocycles. The molecule has 0 amide bonds. The number of rotatable bonds is 7. The minimum atomic E-state index is -0.0862. The Labute approximate surface area is 109 Å². The van der Waals surface area contributed by atoms with Crippen LogP contribution in [0.2, 0.25) is 0 Å². The minimum Gasteiger partial charge on any atom is -0.494 e. The molecule has 0 radical (unpaired) electrons. The SMILES string of the molecule is O=CC(CBr)c1ccc(OCCCCl)cc1. The van der Waals surface area contributed by atoms with Gasteiger partial charge in [0.2, 0.25) is 0 Å². The van der Waals surface area contributed by atoms with Crippen molar-refractivity contribution in [2.24, 2.45) is 0 Å². The molecular weight excluding hydrogens is 291 g/mol. The topological polar surface area (TPSA) is 26.3 Å². The van der Waals surface area contributed by atoms with Crippen LogP contribution in [0.3, 0.4) is 0 Å². The number of benzene rings is 1. The summed E-state index contributed by atoms with van der Waals surface area (Å²) >= 11 is 8.85. The Hall–Kier alpha value is -0.540. The molecule has 1 atom stereocenters. The van der Waals surface area contributed by atoms with Crippen LogP contribution in [0.1, 0.15) is 17.9 Å². The molecule has 1 aromatic rings. The maximum absolute atomic E-state index is 10.8. The van der Waals surface area contributed by atoms with Crippen LogP contribution in [0.25, 0.3) is 0 Å². The van der Waals surface area contributed by atoms with Gasteiger partial charge in [-0.3, -0.25) is 0 Å². The number of carbonyl (C=O) groups excluding carboxylic acids is 1. The molecule has 0 N–H and O–H groups in total. The van der Waals surface area contributed by atoms with Gasteiger partial charge in [-0.05, 0) is 24.1 Å². The highest BCUT2D eigenvalue weighted by molar-refractivity contribution is 9.09. The number of carbonyl (C=O) groups is 1. The molecule has 0 aliphatic rings. The standard InChI is InChI=1S/C12H14BrClO2/c13-8-11(9-15)10-2-4-12(5-3-10)16-7-1-6-14/h2-5,9,11H,1,6-8H2. The average Bonchev–Trinajstić information content (AvgIpc) is 2.33. The fraction of sp³-hybridized carbons (Fsp3) is 0.417. The minimum absolute atomic E-state index is 0.0862. The lowest BCUT2D eigenvalue weighted by Gasteiger charge is -2.09. The zero-order chi connectivity index (χ0) is 11.8. The first kappa shape index (κ1) is 13.5. The molecule has 0 aliphatic carbocycles. The summed E-state index contributed by atoms with van der Waals surface area (Å²) in [4.78, 5) is 10.8. The van der Waals surface area contributed by atoms with E-state index in [9.17, 15) is 4.79 Å². The third-order valence-corrected chi connectivity index (χ3v) is 3.15. The Balaban J connectivity index is 2.56. The van der Waals surface area contributed by atoms with Crippen LogP contribution in [0.4, 0.5) is 0 Å². The van der Waals surface area contributed by atoms with E-state index < -0.39 is 0 Å². The maximum Gasteiger partial charge on any atom is 0.128 e. The lowest BCUT2D eigenvalue weighted by Crippen LogP contribution is -2.02. The first-order valence-electron chi connectivity index (χ1n) is 5.11. The number of alkyl halides is 2. The van der Waals surface area contributed by atoms with E-state index in [0.29, 0.717) is 17.8 Å². The summed E-state index contributed by atoms with van der Waals surface area (Å²) in [7, 11) is 0. The van der Waals surface area contributed by atoms with Crippen LogP contribution in [-0.4, -0.2) is 24.1 Å². The van der Waals surface area contributed by atoms with E-state index in [1.54, 1.807) is 0 Å². The van der Waals surface area contributed by atoms with Crippen LogP contribution in [0, 0.1) is 0 Å². The second-order valence-corrected chi connectivity index (χ2v) is 4.38. The number of halogens is 2. The number of aldehydes is 1. The molecule has 1 rings (SSSR count). The van der Waals surface area contributed by atoms with Crippen LogP contribution >= 0.6 is 27.5 Å². The Kier molecular flexibility index (Phi) is 6.50. The highest BCUT2D eigenvalue weighted by Gasteiger charge is 2.08. The van der Waals surface area contributed by atoms with Crippen molar-refractivity contribution in [3.8, 4) is 5.75 Å². The van der Waals surface area contributed by atoms with Gasteiger partial charge in [-0.15, -0.1) is 11.6 Å². The summed E-state index contributed by atoms with van der Waals surface area (Å²) in [6, 6.07) is 7.58. The molecule has 0 spiro atoms. The van der Waals surface area contributed by atoms with Gasteiger partial charge in [-0.25, -0.2) is 0 Å². The summed E-state index contributed by atoms with van der Waals surface area (Å²) in [5, 5.41) is 0.642. The predicted octanol–water partition coefficient (Wildman–Crippen LogP) is 3.37. The molecular formula is C12H14BrClO2. The third-order valence-electron chi connectivity index (χ3n) is 2.19. The molecule has 16 heavy (non-hydrogen) atoms. The summed E-state index contributed by atoms with van der Waals surface area (Å²) in [6.07, 6.45) is 1.78. The van der Waals surface area contributed by atoms with Gasteiger partial charge in [0.25, 0.3) is 0 Å². The molecule has 1 unspecified atom stereocenters. The Bertz CT molecular complexity index is 313. The van der Waals surface area contributed by atoms with E-state index in [0.717, 1.165) is 24.0 Å². The summed E-state index contributed by atoms with van der Waals surface area (Å²) in [6.45, 7) is 0.623. The van der Waals surface area contributed by atoms with Crippen LogP contribution in [0.15, 0.2) is 24.3 Å². The maximum atomic E-state index is 10.8. The van der Waals surface area contributed by atoms with Gasteiger partial charge in [0.15, 0.2) is 0 Å². The highest BCUT2D eigenvalue weighted by atomic mass is 79.9. The first-order valence-corrected chi connectivity index (χ1v) is 6.77. The van der Waals surface area contributed by atoms with E-state index in [1.165, 1.54) is 0 Å². The van der Waals surface area contributed by atoms with E-state index in [-0.39, 0.29) is 5.92 Å². The third kappa shape index (κ3) is 4.14. The van der Waals surface area contributed by atoms with Crippen LogP contribution in [-0.2, 0) is 4.79 Å². The first-order chi connectivity index (χ1) is 7.81. The van der Waals surface area contributed by atoms with Crippen molar-refractivity contribution < 1.29 is 9.53 Å². The number of hydrogen-bond acceptors (Lipinski definition) is 2. The van der Waals surface area contributed by atoms with Crippen molar-refractivity contribution in [2.75, 3.05) is 17.8 Å². The van der Waals surface area contributed by atoms with Crippen LogP contribution < -0.4 is 4.74 Å². The van der Waals surface area contributed by atoms with E-state index in [1.807, 2.05) is 24.3 Å². The second kappa shape index (κ2) is 7.69. The number of hydrogen-bond donors (Lipinski definition) is 0. The molecule has 0 fully saturated rings. The molecule has 1 aromatic carbocycles. The van der Waals surface area contributed by atoms with Gasteiger partial charge in [-0.2, -0.15) is 0 Å². The molecule has 0 heterocycles. The molecule has 0 aliphatic heterocycles. The summed E-state index contributed by atoms with van der Waals surface area (Å²) in [5.41, 5.74) is 0.997. The zero-order valence-corrected chi connectivity index (χ0v) is 11.2. The fourth-order valence-electron chi connectivity index (χ4n) is 1.26. The van der Waals surface area contributed by atoms with E-state index in [2.05, 4.69) is 15.9 Å². The largest absolute Gasteiger partial charge is 0.494 e. The monoisotopic (exact) mass is 304 g/mol. The van der Waals surface area contributed by atoms with Gasteiger partial charge in [0, 0.05) is 17.1 Å². The smallest absolute Gasteiger partial charge is 0.128 e. The molecule has 4 heteroatoms. The van der Waals surface area contributed by atoms with Gasteiger partial charge in [-0.1, -0.05) is 28.1 Å². The van der Waals surface area contributed by atoms with Crippen molar-refractivity contribution >= 4 is 33.8 Å². The van der Waals surface area contributed by atoms with Gasteiger partial charge >= 0.3 is 0 Å². The van der Waals surface area contributed by atoms with Crippen molar-refractivity contribution in [2.45, 2.75) is 12.3 Å². The van der Waals surface area contributed by atoms with Gasteiger partial charge in [0.05, 0.1) is 6.61 Å². The molecule has 88 valence electrons.